The molecule has 7 heteroatoms. The van der Waals surface area contributed by atoms with Gasteiger partial charge in [-0.1, -0.05) is 12.1 Å². The molecule has 2 aromatic carbocycles. The lowest BCUT2D eigenvalue weighted by Gasteiger charge is -2.07. The highest BCUT2D eigenvalue weighted by Gasteiger charge is 2.40. The van der Waals surface area contributed by atoms with Gasteiger partial charge in [0.2, 0.25) is 0 Å². The molecule has 0 radical (unpaired) electrons. The Labute approximate surface area is 148 Å². The minimum absolute atomic E-state index is 0.112. The summed E-state index contributed by atoms with van der Waals surface area (Å²) in [5.41, 5.74) is 1.42. The van der Waals surface area contributed by atoms with Crippen LogP contribution in [-0.2, 0) is 4.79 Å². The number of rotatable bonds is 4. The Bertz CT molecular complexity index is 1010. The molecule has 0 aliphatic heterocycles. The molecular formula is C19H14N2O5. The zero-order chi connectivity index (χ0) is 19.0. The molecule has 26 heavy (non-hydrogen) atoms. The van der Waals surface area contributed by atoms with Crippen LogP contribution >= 0.6 is 0 Å². The standard InChI is InChI=1S/C19H14N2O5/c1-10(22)12-4-3-5-13(8-12)20-18-15-7-6-14(21(25)26)9-16(15)19(24)17(18)11(2)23/h3-9,17H,1-2H3. The van der Waals surface area contributed by atoms with Gasteiger partial charge < -0.3 is 0 Å². The van der Waals surface area contributed by atoms with Crippen molar-refractivity contribution in [3.05, 3.63) is 69.3 Å². The molecule has 1 aliphatic rings. The van der Waals surface area contributed by atoms with Crippen LogP contribution in [0, 0.1) is 16.0 Å². The van der Waals surface area contributed by atoms with Crippen molar-refractivity contribution in [1.82, 2.24) is 0 Å². The van der Waals surface area contributed by atoms with E-state index in [1.165, 1.54) is 32.0 Å². The lowest BCUT2D eigenvalue weighted by Crippen LogP contribution is -2.23. The van der Waals surface area contributed by atoms with Crippen LogP contribution in [0.15, 0.2) is 47.5 Å². The van der Waals surface area contributed by atoms with Gasteiger partial charge in [-0.3, -0.25) is 29.5 Å². The molecule has 3 rings (SSSR count). The minimum Gasteiger partial charge on any atom is -0.299 e. The van der Waals surface area contributed by atoms with Crippen molar-refractivity contribution < 1.29 is 19.3 Å². The molecule has 0 aromatic heterocycles. The molecule has 1 atom stereocenters. The summed E-state index contributed by atoms with van der Waals surface area (Å²) in [6.07, 6.45) is 0. The Morgan fingerprint density at radius 1 is 1.08 bits per heavy atom. The average molecular weight is 350 g/mol. The first-order valence-electron chi connectivity index (χ1n) is 7.82. The first-order chi connectivity index (χ1) is 12.3. The fraction of sp³-hybridized carbons (Fsp3) is 0.158. The van der Waals surface area contributed by atoms with Crippen molar-refractivity contribution in [3.8, 4) is 0 Å². The van der Waals surface area contributed by atoms with Gasteiger partial charge in [0.1, 0.15) is 11.7 Å². The number of nitro groups is 1. The molecule has 0 heterocycles. The van der Waals surface area contributed by atoms with Crippen LogP contribution in [0.4, 0.5) is 11.4 Å². The van der Waals surface area contributed by atoms with E-state index in [9.17, 15) is 24.5 Å². The van der Waals surface area contributed by atoms with Crippen molar-refractivity contribution in [3.63, 3.8) is 0 Å². The zero-order valence-electron chi connectivity index (χ0n) is 14.1. The molecule has 0 N–H and O–H groups in total. The summed E-state index contributed by atoms with van der Waals surface area (Å²) < 4.78 is 0. The van der Waals surface area contributed by atoms with Crippen molar-refractivity contribution in [2.45, 2.75) is 13.8 Å². The fourth-order valence-corrected chi connectivity index (χ4v) is 2.94. The fourth-order valence-electron chi connectivity index (χ4n) is 2.94. The maximum Gasteiger partial charge on any atom is 0.270 e. The Kier molecular flexibility index (Phi) is 4.29. The topological polar surface area (TPSA) is 107 Å². The second kappa shape index (κ2) is 6.44. The lowest BCUT2D eigenvalue weighted by atomic mass is 9.99. The predicted molar refractivity (Wildman–Crippen MR) is 94.2 cm³/mol. The molecule has 0 saturated heterocycles. The summed E-state index contributed by atoms with van der Waals surface area (Å²) in [6.45, 7) is 2.71. The smallest absolute Gasteiger partial charge is 0.270 e. The first kappa shape index (κ1) is 17.3. The van der Waals surface area contributed by atoms with Gasteiger partial charge in [-0.25, -0.2) is 0 Å². The van der Waals surface area contributed by atoms with Gasteiger partial charge in [0.25, 0.3) is 5.69 Å². The van der Waals surface area contributed by atoms with Crippen LogP contribution in [0.25, 0.3) is 0 Å². The Hall–Kier alpha value is -3.48. The summed E-state index contributed by atoms with van der Waals surface area (Å²) in [4.78, 5) is 51.0. The number of ketones is 3. The third-order valence-corrected chi connectivity index (χ3v) is 4.20. The molecule has 130 valence electrons. The quantitative estimate of drug-likeness (QED) is 0.364. The van der Waals surface area contributed by atoms with E-state index < -0.39 is 22.4 Å². The number of non-ortho nitro benzene ring substituents is 1. The zero-order valence-corrected chi connectivity index (χ0v) is 14.1. The SMILES string of the molecule is CC(=O)c1cccc(N=C2c3ccc([N+](=O)[O-])cc3C(=O)C2C(C)=O)c1. The molecule has 2 aromatic rings. The maximum absolute atomic E-state index is 12.6. The van der Waals surface area contributed by atoms with Gasteiger partial charge in [-0.15, -0.1) is 0 Å². The highest BCUT2D eigenvalue weighted by Crippen LogP contribution is 2.33. The lowest BCUT2D eigenvalue weighted by molar-refractivity contribution is -0.384. The van der Waals surface area contributed by atoms with Crippen molar-refractivity contribution in [2.75, 3.05) is 0 Å². The van der Waals surface area contributed by atoms with Crippen molar-refractivity contribution >= 4 is 34.4 Å². The molecular weight excluding hydrogens is 336 g/mol. The largest absolute Gasteiger partial charge is 0.299 e. The molecule has 1 unspecified atom stereocenters. The van der Waals surface area contributed by atoms with Crippen molar-refractivity contribution in [2.24, 2.45) is 10.9 Å². The number of benzene rings is 2. The van der Waals surface area contributed by atoms with Crippen LogP contribution in [0.2, 0.25) is 0 Å². The van der Waals surface area contributed by atoms with Crippen LogP contribution in [-0.4, -0.2) is 28.0 Å². The molecule has 0 saturated carbocycles. The highest BCUT2D eigenvalue weighted by atomic mass is 16.6. The first-order valence-corrected chi connectivity index (χ1v) is 7.82. The predicted octanol–water partition coefficient (Wildman–Crippen LogP) is 3.32. The summed E-state index contributed by atoms with van der Waals surface area (Å²) in [6, 6.07) is 10.4. The van der Waals surface area contributed by atoms with Gasteiger partial charge in [-0.05, 0) is 32.0 Å². The highest BCUT2D eigenvalue weighted by molar-refractivity contribution is 6.37. The second-order valence-corrected chi connectivity index (χ2v) is 6.00. The third kappa shape index (κ3) is 2.95. The number of hydrogen-bond acceptors (Lipinski definition) is 6. The molecule has 1 aliphatic carbocycles. The molecule has 0 fully saturated rings. The van der Waals surface area contributed by atoms with Gasteiger partial charge in [0, 0.05) is 28.8 Å². The second-order valence-electron chi connectivity index (χ2n) is 6.00. The number of nitro benzene ring substituents is 1. The van der Waals surface area contributed by atoms with E-state index in [0.29, 0.717) is 16.8 Å². The summed E-state index contributed by atoms with van der Waals surface area (Å²) in [5.74, 6) is -2.13. The average Bonchev–Trinajstić information content (AvgIpc) is 2.87. The number of carbonyl (C=O) groups excluding carboxylic acids is 3. The third-order valence-electron chi connectivity index (χ3n) is 4.20. The van der Waals surface area contributed by atoms with E-state index in [0.717, 1.165) is 0 Å². The normalized spacial score (nSPS) is 17.2. The minimum atomic E-state index is -1.10. The maximum atomic E-state index is 12.6. The van der Waals surface area contributed by atoms with Gasteiger partial charge in [0.15, 0.2) is 11.6 Å². The molecule has 0 spiro atoms. The Morgan fingerprint density at radius 2 is 1.81 bits per heavy atom. The van der Waals surface area contributed by atoms with E-state index in [1.54, 1.807) is 24.3 Å². The van der Waals surface area contributed by atoms with Crippen LogP contribution in [0.1, 0.15) is 40.1 Å². The molecule has 7 nitrogen and oxygen atoms in total. The van der Waals surface area contributed by atoms with Gasteiger partial charge in [0.05, 0.1) is 16.3 Å². The number of fused-ring (bicyclic) bond motifs is 1. The molecule has 0 amide bonds. The number of aliphatic imine (C=N–C) groups is 1. The summed E-state index contributed by atoms with van der Waals surface area (Å²) in [5, 5.41) is 11.0. The monoisotopic (exact) mass is 350 g/mol. The number of nitrogens with zero attached hydrogens (tertiary/aromatic N) is 2. The summed E-state index contributed by atoms with van der Waals surface area (Å²) in [7, 11) is 0. The van der Waals surface area contributed by atoms with E-state index in [-0.39, 0.29) is 22.7 Å². The van der Waals surface area contributed by atoms with Crippen LogP contribution in [0.5, 0.6) is 0 Å². The number of hydrogen-bond donors (Lipinski definition) is 0. The van der Waals surface area contributed by atoms with Crippen LogP contribution < -0.4 is 0 Å². The Morgan fingerprint density at radius 3 is 2.42 bits per heavy atom. The number of Topliss-reactive ketones (excluding diaryl/α,β-unsaturated/α-hetero) is 3. The van der Waals surface area contributed by atoms with E-state index in [4.69, 9.17) is 0 Å². The van der Waals surface area contributed by atoms with Crippen molar-refractivity contribution in [1.29, 1.82) is 0 Å². The number of carbonyl (C=O) groups is 3. The summed E-state index contributed by atoms with van der Waals surface area (Å²) >= 11 is 0. The van der Waals surface area contributed by atoms with E-state index in [2.05, 4.69) is 4.99 Å². The van der Waals surface area contributed by atoms with E-state index in [1.807, 2.05) is 0 Å². The van der Waals surface area contributed by atoms with E-state index >= 15 is 0 Å². The Balaban J connectivity index is 2.18. The van der Waals surface area contributed by atoms with Gasteiger partial charge in [-0.2, -0.15) is 0 Å². The van der Waals surface area contributed by atoms with Crippen LogP contribution in [0.3, 0.4) is 0 Å². The van der Waals surface area contributed by atoms with Gasteiger partial charge >= 0.3 is 0 Å². The molecule has 0 bridgehead atoms.